The molecule has 98 valence electrons. The van der Waals surface area contributed by atoms with Gasteiger partial charge in [-0.05, 0) is 50.4 Å². The predicted octanol–water partition coefficient (Wildman–Crippen LogP) is 2.34. The van der Waals surface area contributed by atoms with Gasteiger partial charge in [-0.25, -0.2) is 0 Å². The Morgan fingerprint density at radius 3 is 2.71 bits per heavy atom. The summed E-state index contributed by atoms with van der Waals surface area (Å²) in [5, 5.41) is 0. The van der Waals surface area contributed by atoms with Gasteiger partial charge < -0.3 is 10.5 Å². The lowest BCUT2D eigenvalue weighted by atomic mass is 9.57. The maximum Gasteiger partial charge on any atom is 0.311 e. The number of nitrogens with two attached hydrogens (primary N) is 1. The van der Waals surface area contributed by atoms with Gasteiger partial charge in [0.25, 0.3) is 0 Å². The van der Waals surface area contributed by atoms with Gasteiger partial charge in [-0.3, -0.25) is 4.79 Å². The second-order valence-corrected chi connectivity index (χ2v) is 6.30. The molecule has 2 aliphatic carbocycles. The molecule has 0 saturated heterocycles. The number of carbonyl (C=O) groups excluding carboxylic acids is 1. The highest BCUT2D eigenvalue weighted by Crippen LogP contribution is 2.50. The zero-order valence-electron chi connectivity index (χ0n) is 11.2. The van der Waals surface area contributed by atoms with Gasteiger partial charge in [0.05, 0.1) is 12.5 Å². The number of ether oxygens (including phenoxy) is 1. The monoisotopic (exact) mass is 239 g/mol. The molecule has 2 N–H and O–H groups in total. The number of carbonyl (C=O) groups is 1. The molecule has 0 amide bonds. The Labute approximate surface area is 104 Å². The van der Waals surface area contributed by atoms with Crippen LogP contribution in [0, 0.1) is 23.2 Å². The van der Waals surface area contributed by atoms with Crippen molar-refractivity contribution in [3.05, 3.63) is 0 Å². The van der Waals surface area contributed by atoms with Crippen LogP contribution in [0.4, 0.5) is 0 Å². The van der Waals surface area contributed by atoms with Crippen LogP contribution < -0.4 is 5.73 Å². The van der Waals surface area contributed by atoms with Gasteiger partial charge in [0.2, 0.25) is 0 Å². The lowest BCUT2D eigenvalue weighted by Gasteiger charge is -2.49. The van der Waals surface area contributed by atoms with E-state index < -0.39 is 0 Å². The normalized spacial score (nSPS) is 45.4. The van der Waals surface area contributed by atoms with Crippen LogP contribution in [0.2, 0.25) is 0 Å². The van der Waals surface area contributed by atoms with E-state index in [0.29, 0.717) is 17.8 Å². The molecule has 0 radical (unpaired) electrons. The highest BCUT2D eigenvalue weighted by Gasteiger charge is 2.48. The summed E-state index contributed by atoms with van der Waals surface area (Å²) < 4.78 is 4.97. The quantitative estimate of drug-likeness (QED) is 0.752. The van der Waals surface area contributed by atoms with E-state index in [1.165, 1.54) is 26.4 Å². The number of methoxy groups -OCH3 is 1. The van der Waals surface area contributed by atoms with Gasteiger partial charge in [-0.2, -0.15) is 0 Å². The molecule has 2 rings (SSSR count). The van der Waals surface area contributed by atoms with E-state index in [4.69, 9.17) is 10.5 Å². The van der Waals surface area contributed by atoms with Crippen molar-refractivity contribution in [2.24, 2.45) is 28.9 Å². The molecule has 0 aromatic heterocycles. The minimum Gasteiger partial charge on any atom is -0.469 e. The van der Waals surface area contributed by atoms with E-state index in [-0.39, 0.29) is 17.4 Å². The molecular formula is C14H25NO2. The number of rotatable bonds is 2. The number of hydrogen-bond acceptors (Lipinski definition) is 3. The van der Waals surface area contributed by atoms with Crippen LogP contribution in [0.25, 0.3) is 0 Å². The van der Waals surface area contributed by atoms with E-state index in [2.05, 4.69) is 13.8 Å². The lowest BCUT2D eigenvalue weighted by Crippen LogP contribution is -2.51. The Morgan fingerprint density at radius 1 is 1.41 bits per heavy atom. The number of hydrogen-bond donors (Lipinski definition) is 1. The molecule has 0 aliphatic heterocycles. The van der Waals surface area contributed by atoms with Gasteiger partial charge >= 0.3 is 5.97 Å². The molecule has 2 bridgehead atoms. The first-order chi connectivity index (χ1) is 8.00. The van der Waals surface area contributed by atoms with Crippen LogP contribution in [0.1, 0.15) is 46.0 Å². The summed E-state index contributed by atoms with van der Waals surface area (Å²) in [7, 11) is 1.49. The second kappa shape index (κ2) is 4.60. The van der Waals surface area contributed by atoms with Gasteiger partial charge in [-0.15, -0.1) is 0 Å². The van der Waals surface area contributed by atoms with E-state index >= 15 is 0 Å². The van der Waals surface area contributed by atoms with Crippen molar-refractivity contribution in [1.82, 2.24) is 0 Å². The smallest absolute Gasteiger partial charge is 0.311 e. The topological polar surface area (TPSA) is 52.3 Å². The molecule has 0 aromatic rings. The molecule has 0 aromatic carbocycles. The highest BCUT2D eigenvalue weighted by atomic mass is 16.5. The van der Waals surface area contributed by atoms with Crippen LogP contribution in [0.15, 0.2) is 0 Å². The van der Waals surface area contributed by atoms with Crippen LogP contribution >= 0.6 is 0 Å². The maximum atomic E-state index is 11.9. The number of esters is 1. The van der Waals surface area contributed by atoms with Crippen molar-refractivity contribution in [3.63, 3.8) is 0 Å². The first kappa shape index (κ1) is 12.9. The van der Waals surface area contributed by atoms with Crippen molar-refractivity contribution < 1.29 is 9.53 Å². The first-order valence-electron chi connectivity index (χ1n) is 6.84. The van der Waals surface area contributed by atoms with E-state index in [0.717, 1.165) is 12.8 Å². The zero-order valence-corrected chi connectivity index (χ0v) is 11.2. The lowest BCUT2D eigenvalue weighted by molar-refractivity contribution is -0.157. The van der Waals surface area contributed by atoms with Crippen molar-refractivity contribution in [3.8, 4) is 0 Å². The summed E-state index contributed by atoms with van der Waals surface area (Å²) in [4.78, 5) is 11.9. The van der Waals surface area contributed by atoms with Gasteiger partial charge in [-0.1, -0.05) is 13.3 Å². The Morgan fingerprint density at radius 2 is 2.12 bits per heavy atom. The van der Waals surface area contributed by atoms with Crippen LogP contribution in [-0.4, -0.2) is 19.1 Å². The predicted molar refractivity (Wildman–Crippen MR) is 67.3 cm³/mol. The molecular weight excluding hydrogens is 214 g/mol. The summed E-state index contributed by atoms with van der Waals surface area (Å²) in [6.45, 7) is 4.28. The molecule has 5 unspecified atom stereocenters. The van der Waals surface area contributed by atoms with E-state index in [1.807, 2.05) is 0 Å². The molecule has 17 heavy (non-hydrogen) atoms. The van der Waals surface area contributed by atoms with Crippen LogP contribution in [0.5, 0.6) is 0 Å². The Hall–Kier alpha value is -0.570. The van der Waals surface area contributed by atoms with Crippen molar-refractivity contribution in [2.45, 2.75) is 52.0 Å². The molecule has 3 heteroatoms. The highest BCUT2D eigenvalue weighted by molar-refractivity contribution is 5.76. The third kappa shape index (κ3) is 2.22. The summed E-state index contributed by atoms with van der Waals surface area (Å²) >= 11 is 0. The average Bonchev–Trinajstić information content (AvgIpc) is 2.32. The average molecular weight is 239 g/mol. The Bertz CT molecular complexity index is 305. The molecule has 3 nitrogen and oxygen atoms in total. The van der Waals surface area contributed by atoms with Gasteiger partial charge in [0.1, 0.15) is 0 Å². The first-order valence-corrected chi connectivity index (χ1v) is 6.84. The fraction of sp³-hybridized carbons (Fsp3) is 0.929. The van der Waals surface area contributed by atoms with E-state index in [1.54, 1.807) is 0 Å². The van der Waals surface area contributed by atoms with Crippen molar-refractivity contribution >= 4 is 5.97 Å². The summed E-state index contributed by atoms with van der Waals surface area (Å²) in [6, 6.07) is 0.278. The second-order valence-electron chi connectivity index (χ2n) is 6.30. The molecule has 2 fully saturated rings. The standard InChI is InChI=1S/C14H25NO2/c1-4-10-5-9-6-11(12(10)15)8-14(2,7-9)13(16)17-3/h9-12H,4-8,15H2,1-3H3. The Balaban J connectivity index is 2.14. The SMILES string of the molecule is CCC1CC2CC(CC(C)(C(=O)OC)C2)C1N. The minimum atomic E-state index is -0.293. The summed E-state index contributed by atoms with van der Waals surface area (Å²) in [5.74, 6) is 1.79. The third-order valence-corrected chi connectivity index (χ3v) is 5.02. The van der Waals surface area contributed by atoms with Gasteiger partial charge in [0, 0.05) is 6.04 Å². The molecule has 0 heterocycles. The van der Waals surface area contributed by atoms with Crippen molar-refractivity contribution in [1.29, 1.82) is 0 Å². The van der Waals surface area contributed by atoms with Crippen molar-refractivity contribution in [2.75, 3.05) is 7.11 Å². The third-order valence-electron chi connectivity index (χ3n) is 5.02. The molecule has 0 spiro atoms. The minimum absolute atomic E-state index is 0.0469. The van der Waals surface area contributed by atoms with Crippen LogP contribution in [-0.2, 0) is 9.53 Å². The van der Waals surface area contributed by atoms with Gasteiger partial charge in [0.15, 0.2) is 0 Å². The zero-order chi connectivity index (χ0) is 12.6. The summed E-state index contributed by atoms with van der Waals surface area (Å²) in [5.41, 5.74) is 6.06. The summed E-state index contributed by atoms with van der Waals surface area (Å²) in [6.07, 6.45) is 5.47. The molecule has 5 atom stereocenters. The van der Waals surface area contributed by atoms with Crippen LogP contribution in [0.3, 0.4) is 0 Å². The van der Waals surface area contributed by atoms with E-state index in [9.17, 15) is 4.79 Å². The fourth-order valence-electron chi connectivity index (χ4n) is 4.19. The number of fused-ring (bicyclic) bond motifs is 2. The molecule has 2 saturated carbocycles. The maximum absolute atomic E-state index is 11.9. The Kier molecular flexibility index (Phi) is 3.48. The largest absolute Gasteiger partial charge is 0.469 e. The fourth-order valence-corrected chi connectivity index (χ4v) is 4.19. The molecule has 2 aliphatic rings.